The van der Waals surface area contributed by atoms with Crippen LogP contribution in [0.15, 0.2) is 18.3 Å². The van der Waals surface area contributed by atoms with Crippen molar-refractivity contribution in [2.45, 2.75) is 45.8 Å². The Morgan fingerprint density at radius 1 is 1.47 bits per heavy atom. The smallest absolute Gasteiger partial charge is 0.129 e. The van der Waals surface area contributed by atoms with Crippen LogP contribution >= 0.6 is 0 Å². The first-order chi connectivity index (χ1) is 8.08. The molecule has 1 fully saturated rings. The van der Waals surface area contributed by atoms with Crippen molar-refractivity contribution in [1.29, 1.82) is 0 Å². The molecule has 0 saturated carbocycles. The van der Waals surface area contributed by atoms with Crippen LogP contribution in [0.5, 0.6) is 0 Å². The summed E-state index contributed by atoms with van der Waals surface area (Å²) in [6.45, 7) is 7.43. The van der Waals surface area contributed by atoms with Gasteiger partial charge in [0.25, 0.3) is 0 Å². The maximum absolute atomic E-state index is 9.61. The van der Waals surface area contributed by atoms with Gasteiger partial charge in [0.15, 0.2) is 0 Å². The third-order valence-corrected chi connectivity index (χ3v) is 3.68. The number of pyridine rings is 1. The second-order valence-corrected chi connectivity index (χ2v) is 5.30. The van der Waals surface area contributed by atoms with Gasteiger partial charge in [0.2, 0.25) is 0 Å². The minimum atomic E-state index is -0.421. The maximum atomic E-state index is 9.61. The summed E-state index contributed by atoms with van der Waals surface area (Å²) in [6.07, 6.45) is 3.82. The van der Waals surface area contributed by atoms with Crippen molar-refractivity contribution in [2.75, 3.05) is 11.4 Å². The van der Waals surface area contributed by atoms with E-state index in [0.29, 0.717) is 6.04 Å². The molecular formula is C14H22N2O. The first kappa shape index (κ1) is 12.4. The van der Waals surface area contributed by atoms with E-state index in [-0.39, 0.29) is 0 Å². The van der Waals surface area contributed by atoms with Gasteiger partial charge in [0.1, 0.15) is 5.82 Å². The predicted molar refractivity (Wildman–Crippen MR) is 70.1 cm³/mol. The average Bonchev–Trinajstić information content (AvgIpc) is 2.29. The third-order valence-electron chi connectivity index (χ3n) is 3.68. The second-order valence-electron chi connectivity index (χ2n) is 5.30. The van der Waals surface area contributed by atoms with Gasteiger partial charge in [-0.05, 0) is 50.3 Å². The summed E-state index contributed by atoms with van der Waals surface area (Å²) in [6, 6.07) is 4.43. The zero-order valence-corrected chi connectivity index (χ0v) is 10.9. The van der Waals surface area contributed by atoms with Crippen molar-refractivity contribution in [3.05, 3.63) is 23.9 Å². The van der Waals surface area contributed by atoms with Crippen molar-refractivity contribution in [2.24, 2.45) is 5.92 Å². The van der Waals surface area contributed by atoms with Crippen LogP contribution in [0, 0.1) is 5.92 Å². The van der Waals surface area contributed by atoms with E-state index in [9.17, 15) is 5.11 Å². The number of piperidine rings is 1. The normalized spacial score (nSPS) is 26.9. The number of aliphatic hydroxyl groups excluding tert-OH is 1. The lowest BCUT2D eigenvalue weighted by atomic mass is 9.93. The molecule has 0 radical (unpaired) electrons. The topological polar surface area (TPSA) is 36.4 Å². The lowest BCUT2D eigenvalue weighted by molar-refractivity contribution is 0.199. The minimum Gasteiger partial charge on any atom is -0.389 e. The number of nitrogens with zero attached hydrogens (tertiary/aromatic N) is 2. The largest absolute Gasteiger partial charge is 0.389 e. The van der Waals surface area contributed by atoms with E-state index in [2.05, 4.69) is 23.7 Å². The molecule has 1 aliphatic heterocycles. The Hall–Kier alpha value is -1.09. The van der Waals surface area contributed by atoms with Crippen molar-refractivity contribution < 1.29 is 5.11 Å². The Labute approximate surface area is 103 Å². The molecule has 0 bridgehead atoms. The number of aromatic nitrogens is 1. The fourth-order valence-electron chi connectivity index (χ4n) is 2.60. The van der Waals surface area contributed by atoms with E-state index in [4.69, 9.17) is 0 Å². The number of hydrogen-bond donors (Lipinski definition) is 1. The lowest BCUT2D eigenvalue weighted by Gasteiger charge is -2.37. The Morgan fingerprint density at radius 2 is 2.24 bits per heavy atom. The highest BCUT2D eigenvalue weighted by Crippen LogP contribution is 2.27. The van der Waals surface area contributed by atoms with Gasteiger partial charge in [-0.25, -0.2) is 4.98 Å². The summed E-state index contributed by atoms with van der Waals surface area (Å²) < 4.78 is 0. The lowest BCUT2D eigenvalue weighted by Crippen LogP contribution is -2.40. The first-order valence-corrected chi connectivity index (χ1v) is 6.48. The summed E-state index contributed by atoms with van der Waals surface area (Å²) >= 11 is 0. The highest BCUT2D eigenvalue weighted by atomic mass is 16.3. The molecule has 0 aliphatic carbocycles. The molecule has 3 atom stereocenters. The molecule has 3 nitrogen and oxygen atoms in total. The van der Waals surface area contributed by atoms with Gasteiger partial charge >= 0.3 is 0 Å². The first-order valence-electron chi connectivity index (χ1n) is 6.48. The molecule has 3 heteroatoms. The van der Waals surface area contributed by atoms with Crippen LogP contribution < -0.4 is 4.90 Å². The Balaban J connectivity index is 2.19. The molecule has 0 aromatic carbocycles. The molecule has 0 amide bonds. The van der Waals surface area contributed by atoms with Gasteiger partial charge in [-0.3, -0.25) is 0 Å². The average molecular weight is 234 g/mol. The summed E-state index contributed by atoms with van der Waals surface area (Å²) in [5.74, 6) is 1.81. The Bertz CT molecular complexity index is 378. The van der Waals surface area contributed by atoms with Crippen molar-refractivity contribution in [3.8, 4) is 0 Å². The maximum Gasteiger partial charge on any atom is 0.129 e. The standard InChI is InChI=1S/C14H22N2O/c1-10-5-7-16(11(2)8-10)14-9-13(12(3)17)4-6-15-14/h4,6,9-12,17H,5,7-8H2,1-3H3. The highest BCUT2D eigenvalue weighted by molar-refractivity contribution is 5.43. The van der Waals surface area contributed by atoms with Crippen LogP contribution in [0.2, 0.25) is 0 Å². The molecule has 1 N–H and O–H groups in total. The molecule has 1 aliphatic rings. The van der Waals surface area contributed by atoms with E-state index in [1.165, 1.54) is 12.8 Å². The SMILES string of the molecule is CC1CCN(c2cc(C(C)O)ccn2)C(C)C1. The molecule has 2 heterocycles. The zero-order chi connectivity index (χ0) is 12.4. The fourth-order valence-corrected chi connectivity index (χ4v) is 2.60. The van der Waals surface area contributed by atoms with Crippen LogP contribution in [0.25, 0.3) is 0 Å². The van der Waals surface area contributed by atoms with Crippen LogP contribution in [-0.4, -0.2) is 22.7 Å². The Morgan fingerprint density at radius 3 is 2.88 bits per heavy atom. The summed E-state index contributed by atoms with van der Waals surface area (Å²) in [4.78, 5) is 6.79. The highest BCUT2D eigenvalue weighted by Gasteiger charge is 2.23. The van der Waals surface area contributed by atoms with Crippen molar-refractivity contribution in [3.63, 3.8) is 0 Å². The monoisotopic (exact) mass is 234 g/mol. The van der Waals surface area contributed by atoms with E-state index in [0.717, 1.165) is 23.8 Å². The quantitative estimate of drug-likeness (QED) is 0.854. The molecule has 1 aromatic rings. The van der Waals surface area contributed by atoms with Gasteiger partial charge in [0, 0.05) is 18.8 Å². The number of anilines is 1. The molecule has 17 heavy (non-hydrogen) atoms. The van der Waals surface area contributed by atoms with Gasteiger partial charge < -0.3 is 10.0 Å². The van der Waals surface area contributed by atoms with Crippen LogP contribution in [0.1, 0.15) is 45.3 Å². The van der Waals surface area contributed by atoms with E-state index in [1.54, 1.807) is 13.1 Å². The van der Waals surface area contributed by atoms with E-state index >= 15 is 0 Å². The number of rotatable bonds is 2. The van der Waals surface area contributed by atoms with Gasteiger partial charge in [0.05, 0.1) is 6.10 Å². The van der Waals surface area contributed by atoms with Crippen molar-refractivity contribution in [1.82, 2.24) is 4.98 Å². The van der Waals surface area contributed by atoms with Gasteiger partial charge in [-0.1, -0.05) is 6.92 Å². The number of aliphatic hydroxyl groups is 1. The third kappa shape index (κ3) is 2.78. The molecule has 3 unspecified atom stereocenters. The van der Waals surface area contributed by atoms with Crippen molar-refractivity contribution >= 4 is 5.82 Å². The molecule has 1 saturated heterocycles. The van der Waals surface area contributed by atoms with Crippen LogP contribution in [0.4, 0.5) is 5.82 Å². The van der Waals surface area contributed by atoms with Crippen LogP contribution in [0.3, 0.4) is 0 Å². The van der Waals surface area contributed by atoms with Crippen LogP contribution in [-0.2, 0) is 0 Å². The molecule has 2 rings (SSSR count). The molecule has 0 spiro atoms. The van der Waals surface area contributed by atoms with Gasteiger partial charge in [-0.15, -0.1) is 0 Å². The predicted octanol–water partition coefficient (Wildman–Crippen LogP) is 2.76. The molecule has 1 aromatic heterocycles. The zero-order valence-electron chi connectivity index (χ0n) is 10.9. The summed E-state index contributed by atoms with van der Waals surface area (Å²) in [5, 5.41) is 9.61. The Kier molecular flexibility index (Phi) is 3.67. The molecular weight excluding hydrogens is 212 g/mol. The van der Waals surface area contributed by atoms with E-state index in [1.807, 2.05) is 12.1 Å². The molecule has 94 valence electrons. The minimum absolute atomic E-state index is 0.421. The second kappa shape index (κ2) is 5.05. The summed E-state index contributed by atoms with van der Waals surface area (Å²) in [5.41, 5.74) is 0.945. The number of hydrogen-bond acceptors (Lipinski definition) is 3. The van der Waals surface area contributed by atoms with Gasteiger partial charge in [-0.2, -0.15) is 0 Å². The fraction of sp³-hybridized carbons (Fsp3) is 0.643. The van der Waals surface area contributed by atoms with E-state index < -0.39 is 6.10 Å². The summed E-state index contributed by atoms with van der Waals surface area (Å²) in [7, 11) is 0.